The number of imide groups is 1. The maximum atomic E-state index is 14.1. The smallest absolute Gasteiger partial charge is 0.308 e. The Labute approximate surface area is 274 Å². The summed E-state index contributed by atoms with van der Waals surface area (Å²) in [6.45, 7) is 5.70. The van der Waals surface area contributed by atoms with Crippen LogP contribution in [-0.2, 0) is 20.9 Å². The lowest BCUT2D eigenvalue weighted by molar-refractivity contribution is -0.122. The van der Waals surface area contributed by atoms with Crippen LogP contribution in [0.3, 0.4) is 0 Å². The van der Waals surface area contributed by atoms with Gasteiger partial charge in [-0.3, -0.25) is 23.7 Å². The van der Waals surface area contributed by atoms with Crippen LogP contribution in [0.5, 0.6) is 0 Å². The van der Waals surface area contributed by atoms with Gasteiger partial charge in [-0.25, -0.2) is 4.90 Å². The molecule has 46 heavy (non-hydrogen) atoms. The maximum Gasteiger partial charge on any atom is 0.308 e. The van der Waals surface area contributed by atoms with E-state index in [1.165, 1.54) is 21.2 Å². The van der Waals surface area contributed by atoms with E-state index in [-0.39, 0.29) is 29.1 Å². The Morgan fingerprint density at radius 2 is 1.52 bits per heavy atom. The fourth-order valence-corrected chi connectivity index (χ4v) is 9.37. The number of anilines is 3. The van der Waals surface area contributed by atoms with Crippen LogP contribution in [0.1, 0.15) is 30.2 Å². The van der Waals surface area contributed by atoms with Gasteiger partial charge in [-0.05, 0) is 55.1 Å². The van der Waals surface area contributed by atoms with Gasteiger partial charge in [0, 0.05) is 40.6 Å². The van der Waals surface area contributed by atoms with E-state index in [1.54, 1.807) is 24.3 Å². The molecular weight excluding hydrogens is 617 g/mol. The predicted molar refractivity (Wildman–Crippen MR) is 185 cm³/mol. The van der Waals surface area contributed by atoms with Gasteiger partial charge in [0.1, 0.15) is 11.8 Å². The molecule has 0 spiro atoms. The first-order valence-corrected chi connectivity index (χ1v) is 17.0. The topological polar surface area (TPSA) is 91.7 Å². The van der Waals surface area contributed by atoms with Crippen LogP contribution in [0.2, 0.25) is 0 Å². The highest BCUT2D eigenvalue weighted by atomic mass is 32.2. The summed E-state index contributed by atoms with van der Waals surface area (Å²) in [7, 11) is 0. The molecule has 1 N–H and O–H groups in total. The molecule has 232 valence electrons. The molecule has 7 rings (SSSR count). The summed E-state index contributed by atoms with van der Waals surface area (Å²) in [4.78, 5) is 59.1. The fraction of sp³-hybridized carbons (Fsp3) is 0.222. The van der Waals surface area contributed by atoms with E-state index in [9.17, 15) is 19.2 Å². The van der Waals surface area contributed by atoms with Gasteiger partial charge in [0.2, 0.25) is 17.7 Å². The molecule has 3 amide bonds. The van der Waals surface area contributed by atoms with Crippen LogP contribution in [0, 0.1) is 5.92 Å². The monoisotopic (exact) mass is 648 g/mol. The number of nitrogens with zero attached hydrogens (tertiary/aromatic N) is 3. The Morgan fingerprint density at radius 3 is 2.26 bits per heavy atom. The Bertz CT molecular complexity index is 2010. The number of nitrogens with one attached hydrogen (secondary N) is 1. The molecule has 5 aromatic rings. The molecule has 0 aliphatic carbocycles. The average Bonchev–Trinajstić information content (AvgIpc) is 3.52. The van der Waals surface area contributed by atoms with Gasteiger partial charge >= 0.3 is 4.87 Å². The number of carbonyl (C=O) groups excluding carboxylic acids is 3. The molecule has 0 radical (unpaired) electrons. The van der Waals surface area contributed by atoms with E-state index in [0.29, 0.717) is 21.3 Å². The fourth-order valence-electron chi connectivity index (χ4n) is 6.59. The number of rotatable bonds is 8. The number of aromatic nitrogens is 1. The molecule has 2 aliphatic rings. The molecule has 10 heteroatoms. The van der Waals surface area contributed by atoms with Crippen molar-refractivity contribution in [2.45, 2.75) is 36.6 Å². The Hall–Kier alpha value is -4.67. The van der Waals surface area contributed by atoms with Crippen LogP contribution in [0.4, 0.5) is 17.1 Å². The molecule has 3 atom stereocenters. The number of hydrogen-bond donors (Lipinski definition) is 1. The molecule has 2 aliphatic heterocycles. The number of para-hydroxylation sites is 1. The number of hydrogen-bond acceptors (Lipinski definition) is 7. The first-order valence-electron chi connectivity index (χ1n) is 15.3. The standard InChI is InChI=1S/C36H32N4O4S2/c1-3-38(4-2)24-19-17-23(18-20-24)29-30-31(34(43)40(33(30)42)25-13-6-5-7-14-25)45-35-32(29)46-36(44)39(35)21-28(41)37-27-16-10-12-22-11-8-9-15-26(22)27/h5-20,29-31H,3-4,21H2,1-2H3,(H,37,41)/t29-,30-,31+/m0/s1. The van der Waals surface area contributed by atoms with E-state index in [4.69, 9.17) is 0 Å². The van der Waals surface area contributed by atoms with Crippen molar-refractivity contribution >= 4 is 68.7 Å². The second kappa shape index (κ2) is 12.3. The van der Waals surface area contributed by atoms with Crippen molar-refractivity contribution in [2.75, 3.05) is 28.2 Å². The predicted octanol–water partition coefficient (Wildman–Crippen LogP) is 6.34. The van der Waals surface area contributed by atoms with E-state index in [1.807, 2.05) is 72.8 Å². The highest BCUT2D eigenvalue weighted by molar-refractivity contribution is 8.00. The summed E-state index contributed by atoms with van der Waals surface area (Å²) in [5.41, 5.74) is 3.11. The van der Waals surface area contributed by atoms with Crippen molar-refractivity contribution < 1.29 is 14.4 Å². The lowest BCUT2D eigenvalue weighted by Crippen LogP contribution is -2.33. The second-order valence-corrected chi connectivity index (χ2v) is 13.5. The number of amides is 3. The van der Waals surface area contributed by atoms with Crippen molar-refractivity contribution in [2.24, 2.45) is 5.92 Å². The van der Waals surface area contributed by atoms with Crippen molar-refractivity contribution in [3.05, 3.63) is 117 Å². The normalized spacial score (nSPS) is 18.8. The van der Waals surface area contributed by atoms with Crippen molar-refractivity contribution in [3.8, 4) is 0 Å². The van der Waals surface area contributed by atoms with Crippen LogP contribution in [-0.4, -0.2) is 40.6 Å². The van der Waals surface area contributed by atoms with Gasteiger partial charge in [0.05, 0.1) is 16.6 Å². The van der Waals surface area contributed by atoms with E-state index in [0.717, 1.165) is 46.4 Å². The van der Waals surface area contributed by atoms with Gasteiger partial charge in [0.25, 0.3) is 0 Å². The number of thiazole rings is 1. The Morgan fingerprint density at radius 1 is 0.826 bits per heavy atom. The molecule has 4 aromatic carbocycles. The van der Waals surface area contributed by atoms with Crippen molar-refractivity contribution in [3.63, 3.8) is 0 Å². The summed E-state index contributed by atoms with van der Waals surface area (Å²) < 4.78 is 1.46. The number of benzene rings is 4. The largest absolute Gasteiger partial charge is 0.372 e. The number of carbonyl (C=O) groups is 3. The summed E-state index contributed by atoms with van der Waals surface area (Å²) in [5.74, 6) is -2.15. The zero-order valence-electron chi connectivity index (χ0n) is 25.4. The third-order valence-corrected chi connectivity index (χ3v) is 11.4. The number of fused-ring (bicyclic) bond motifs is 3. The van der Waals surface area contributed by atoms with Gasteiger partial charge in [-0.15, -0.1) is 0 Å². The summed E-state index contributed by atoms with van der Waals surface area (Å²) >= 11 is 2.28. The minimum absolute atomic E-state index is 0.212. The summed E-state index contributed by atoms with van der Waals surface area (Å²) in [5, 5.41) is 4.70. The number of thioether (sulfide) groups is 1. The first-order chi connectivity index (χ1) is 22.4. The molecule has 8 nitrogen and oxygen atoms in total. The molecule has 0 bridgehead atoms. The van der Waals surface area contributed by atoms with Crippen LogP contribution >= 0.6 is 23.1 Å². The zero-order chi connectivity index (χ0) is 31.9. The molecular formula is C36H32N4O4S2. The molecule has 1 aromatic heterocycles. The molecule has 0 unspecified atom stereocenters. The quantitative estimate of drug-likeness (QED) is 0.198. The third-order valence-electron chi connectivity index (χ3n) is 8.81. The van der Waals surface area contributed by atoms with Crippen LogP contribution in [0.25, 0.3) is 10.8 Å². The lowest BCUT2D eigenvalue weighted by atomic mass is 9.83. The van der Waals surface area contributed by atoms with Gasteiger partial charge in [-0.2, -0.15) is 0 Å². The average molecular weight is 649 g/mol. The highest BCUT2D eigenvalue weighted by Crippen LogP contribution is 2.54. The minimum Gasteiger partial charge on any atom is -0.372 e. The van der Waals surface area contributed by atoms with Crippen molar-refractivity contribution in [1.29, 1.82) is 0 Å². The molecule has 1 fully saturated rings. The van der Waals surface area contributed by atoms with Gasteiger partial charge in [0.15, 0.2) is 0 Å². The van der Waals surface area contributed by atoms with E-state index >= 15 is 0 Å². The van der Waals surface area contributed by atoms with E-state index < -0.39 is 17.1 Å². The minimum atomic E-state index is -0.742. The van der Waals surface area contributed by atoms with Gasteiger partial charge in [-0.1, -0.05) is 89.8 Å². The molecule has 1 saturated heterocycles. The van der Waals surface area contributed by atoms with E-state index in [2.05, 4.69) is 24.1 Å². The zero-order valence-corrected chi connectivity index (χ0v) is 27.0. The highest BCUT2D eigenvalue weighted by Gasteiger charge is 2.56. The van der Waals surface area contributed by atoms with Crippen molar-refractivity contribution in [1.82, 2.24) is 4.57 Å². The van der Waals surface area contributed by atoms with Crippen LogP contribution in [0.15, 0.2) is 107 Å². The Kier molecular flexibility index (Phi) is 8.00. The summed E-state index contributed by atoms with van der Waals surface area (Å²) in [6, 6.07) is 30.5. The molecule has 0 saturated carbocycles. The first kappa shape index (κ1) is 30.0. The molecule has 3 heterocycles. The van der Waals surface area contributed by atoms with Crippen LogP contribution < -0.4 is 20.0 Å². The lowest BCUT2D eigenvalue weighted by Gasteiger charge is -2.31. The second-order valence-electron chi connectivity index (χ2n) is 11.4. The maximum absolute atomic E-state index is 14.1. The SMILES string of the molecule is CCN(CC)c1ccc([C@@H]2c3sc(=O)n(CC(=O)Nc4cccc5ccccc45)c3S[C@H]3C(=O)N(c4ccccc4)C(=O)[C@@H]23)cc1. The summed E-state index contributed by atoms with van der Waals surface area (Å²) in [6.07, 6.45) is 0. The third kappa shape index (κ3) is 5.11. The van der Waals surface area contributed by atoms with Gasteiger partial charge < -0.3 is 10.2 Å². The Balaban J connectivity index is 1.28.